The van der Waals surface area contributed by atoms with E-state index in [0.717, 1.165) is 11.5 Å². The van der Waals surface area contributed by atoms with Crippen molar-refractivity contribution in [3.05, 3.63) is 36.0 Å². The average molecular weight is 203 g/mol. The van der Waals surface area contributed by atoms with Gasteiger partial charge in [-0.05, 0) is 19.1 Å². The Kier molecular flexibility index (Phi) is 2.53. The standard InChI is InChI=1S/C10H13N5/c1-7-2-3-8(11)10(15-7)14-6-9-12-4-5-13-9/h2-5H,6,11H2,1H3,(H,12,13)(H,14,15). The molecule has 0 aliphatic carbocycles. The summed E-state index contributed by atoms with van der Waals surface area (Å²) in [5.41, 5.74) is 7.36. The van der Waals surface area contributed by atoms with Crippen LogP contribution in [0.25, 0.3) is 0 Å². The summed E-state index contributed by atoms with van der Waals surface area (Å²) in [6.45, 7) is 2.52. The lowest BCUT2D eigenvalue weighted by molar-refractivity contribution is 0.985. The first-order valence-corrected chi connectivity index (χ1v) is 4.71. The predicted octanol–water partition coefficient (Wildman–Crippen LogP) is 1.31. The van der Waals surface area contributed by atoms with Crippen molar-refractivity contribution in [2.45, 2.75) is 13.5 Å². The van der Waals surface area contributed by atoms with Crippen LogP contribution in [0.15, 0.2) is 24.5 Å². The summed E-state index contributed by atoms with van der Waals surface area (Å²) in [5.74, 6) is 1.56. The highest BCUT2D eigenvalue weighted by molar-refractivity contribution is 5.61. The number of anilines is 2. The summed E-state index contributed by atoms with van der Waals surface area (Å²) in [6.07, 6.45) is 3.49. The maximum atomic E-state index is 5.77. The molecule has 0 radical (unpaired) electrons. The van der Waals surface area contributed by atoms with Crippen molar-refractivity contribution in [1.82, 2.24) is 15.0 Å². The SMILES string of the molecule is Cc1ccc(N)c(NCc2ncc[nH]2)n1. The van der Waals surface area contributed by atoms with E-state index in [1.165, 1.54) is 0 Å². The molecule has 0 aliphatic rings. The molecule has 0 spiro atoms. The summed E-state index contributed by atoms with van der Waals surface area (Å²) in [7, 11) is 0. The van der Waals surface area contributed by atoms with E-state index >= 15 is 0 Å². The van der Waals surface area contributed by atoms with Crippen molar-refractivity contribution in [1.29, 1.82) is 0 Å². The van der Waals surface area contributed by atoms with E-state index in [-0.39, 0.29) is 0 Å². The Labute approximate surface area is 87.8 Å². The number of nitrogens with one attached hydrogen (secondary N) is 2. The molecule has 2 heterocycles. The second-order valence-electron chi connectivity index (χ2n) is 3.28. The number of nitrogens with zero attached hydrogens (tertiary/aromatic N) is 2. The fraction of sp³-hybridized carbons (Fsp3) is 0.200. The van der Waals surface area contributed by atoms with Crippen LogP contribution in [0.4, 0.5) is 11.5 Å². The molecule has 0 atom stereocenters. The smallest absolute Gasteiger partial charge is 0.149 e. The van der Waals surface area contributed by atoms with Crippen molar-refractivity contribution >= 4 is 11.5 Å². The zero-order valence-electron chi connectivity index (χ0n) is 8.49. The molecular formula is C10H13N5. The maximum Gasteiger partial charge on any atom is 0.149 e. The molecule has 0 saturated heterocycles. The number of aromatic nitrogens is 3. The minimum absolute atomic E-state index is 0.591. The van der Waals surface area contributed by atoms with Crippen LogP contribution >= 0.6 is 0 Å². The number of H-pyrrole nitrogens is 1. The topological polar surface area (TPSA) is 79.6 Å². The van der Waals surface area contributed by atoms with Gasteiger partial charge in [-0.25, -0.2) is 9.97 Å². The van der Waals surface area contributed by atoms with Gasteiger partial charge in [0.15, 0.2) is 0 Å². The normalized spacial score (nSPS) is 10.2. The van der Waals surface area contributed by atoms with Crippen LogP contribution in [-0.4, -0.2) is 15.0 Å². The maximum absolute atomic E-state index is 5.77. The van der Waals surface area contributed by atoms with Crippen LogP contribution in [0.1, 0.15) is 11.5 Å². The summed E-state index contributed by atoms with van der Waals surface area (Å²) in [4.78, 5) is 11.4. The number of rotatable bonds is 3. The number of hydrogen-bond acceptors (Lipinski definition) is 4. The summed E-state index contributed by atoms with van der Waals surface area (Å²) < 4.78 is 0. The van der Waals surface area contributed by atoms with Crippen LogP contribution in [0.3, 0.4) is 0 Å². The molecule has 0 saturated carbocycles. The molecule has 0 aromatic carbocycles. The number of imidazole rings is 1. The molecule has 0 unspecified atom stereocenters. The Bertz CT molecular complexity index is 435. The van der Waals surface area contributed by atoms with Gasteiger partial charge in [-0.1, -0.05) is 0 Å². The second kappa shape index (κ2) is 4.00. The fourth-order valence-corrected chi connectivity index (χ4v) is 1.27. The molecule has 4 N–H and O–H groups in total. The van der Waals surface area contributed by atoms with Crippen LogP contribution in [0.5, 0.6) is 0 Å². The Morgan fingerprint density at radius 1 is 1.47 bits per heavy atom. The molecule has 2 rings (SSSR count). The molecule has 0 bridgehead atoms. The van der Waals surface area contributed by atoms with Crippen molar-refractivity contribution < 1.29 is 0 Å². The fourth-order valence-electron chi connectivity index (χ4n) is 1.27. The van der Waals surface area contributed by atoms with E-state index in [1.54, 1.807) is 12.4 Å². The molecule has 15 heavy (non-hydrogen) atoms. The van der Waals surface area contributed by atoms with E-state index in [1.807, 2.05) is 19.1 Å². The predicted molar refractivity (Wildman–Crippen MR) is 59.3 cm³/mol. The zero-order chi connectivity index (χ0) is 10.7. The van der Waals surface area contributed by atoms with Gasteiger partial charge >= 0.3 is 0 Å². The van der Waals surface area contributed by atoms with Gasteiger partial charge in [-0.2, -0.15) is 0 Å². The van der Waals surface area contributed by atoms with Gasteiger partial charge in [0, 0.05) is 18.1 Å². The molecule has 0 aliphatic heterocycles. The van der Waals surface area contributed by atoms with Gasteiger partial charge in [-0.15, -0.1) is 0 Å². The van der Waals surface area contributed by atoms with Gasteiger partial charge in [0.05, 0.1) is 12.2 Å². The Morgan fingerprint density at radius 2 is 2.33 bits per heavy atom. The third kappa shape index (κ3) is 2.25. The number of hydrogen-bond donors (Lipinski definition) is 3. The van der Waals surface area contributed by atoms with Crippen LogP contribution in [0.2, 0.25) is 0 Å². The molecule has 78 valence electrons. The van der Waals surface area contributed by atoms with Crippen LogP contribution < -0.4 is 11.1 Å². The lowest BCUT2D eigenvalue weighted by Crippen LogP contribution is -2.06. The van der Waals surface area contributed by atoms with Gasteiger partial charge in [-0.3, -0.25) is 0 Å². The van der Waals surface area contributed by atoms with E-state index in [0.29, 0.717) is 18.1 Å². The van der Waals surface area contributed by atoms with Gasteiger partial charge in [0.1, 0.15) is 11.6 Å². The first kappa shape index (κ1) is 9.51. The first-order chi connectivity index (χ1) is 7.25. The molecule has 0 amide bonds. The van der Waals surface area contributed by atoms with Crippen molar-refractivity contribution in [2.24, 2.45) is 0 Å². The molecule has 5 heteroatoms. The van der Waals surface area contributed by atoms with E-state index in [9.17, 15) is 0 Å². The van der Waals surface area contributed by atoms with Crippen molar-refractivity contribution in [3.63, 3.8) is 0 Å². The van der Waals surface area contributed by atoms with Crippen LogP contribution in [0, 0.1) is 6.92 Å². The number of aryl methyl sites for hydroxylation is 1. The van der Waals surface area contributed by atoms with Crippen molar-refractivity contribution in [2.75, 3.05) is 11.1 Å². The Hall–Kier alpha value is -2.04. The monoisotopic (exact) mass is 203 g/mol. The number of nitrogen functional groups attached to an aromatic ring is 1. The highest BCUT2D eigenvalue weighted by Crippen LogP contribution is 2.15. The summed E-state index contributed by atoms with van der Waals surface area (Å²) >= 11 is 0. The second-order valence-corrected chi connectivity index (χ2v) is 3.28. The summed E-state index contributed by atoms with van der Waals surface area (Å²) in [5, 5.41) is 3.13. The Balaban J connectivity index is 2.07. The number of nitrogens with two attached hydrogens (primary N) is 1. The highest BCUT2D eigenvalue weighted by atomic mass is 15.0. The average Bonchev–Trinajstić information content (AvgIpc) is 2.72. The highest BCUT2D eigenvalue weighted by Gasteiger charge is 2.01. The molecule has 0 fully saturated rings. The van der Waals surface area contributed by atoms with Crippen molar-refractivity contribution in [3.8, 4) is 0 Å². The van der Waals surface area contributed by atoms with Gasteiger partial charge < -0.3 is 16.0 Å². The molecule has 2 aromatic rings. The molecular weight excluding hydrogens is 190 g/mol. The summed E-state index contributed by atoms with van der Waals surface area (Å²) in [6, 6.07) is 3.72. The largest absolute Gasteiger partial charge is 0.396 e. The number of pyridine rings is 1. The number of aromatic amines is 1. The van der Waals surface area contributed by atoms with Gasteiger partial charge in [0.25, 0.3) is 0 Å². The third-order valence-corrected chi connectivity index (χ3v) is 2.04. The van der Waals surface area contributed by atoms with E-state index < -0.39 is 0 Å². The first-order valence-electron chi connectivity index (χ1n) is 4.71. The lowest BCUT2D eigenvalue weighted by Gasteiger charge is -2.07. The third-order valence-electron chi connectivity index (χ3n) is 2.04. The molecule has 2 aromatic heterocycles. The van der Waals surface area contributed by atoms with Crippen LogP contribution in [-0.2, 0) is 6.54 Å². The van der Waals surface area contributed by atoms with Gasteiger partial charge in [0.2, 0.25) is 0 Å². The minimum atomic E-state index is 0.591. The molecule has 5 nitrogen and oxygen atoms in total. The Morgan fingerprint density at radius 3 is 3.07 bits per heavy atom. The minimum Gasteiger partial charge on any atom is -0.396 e. The quantitative estimate of drug-likeness (QED) is 0.702. The lowest BCUT2D eigenvalue weighted by atomic mass is 10.3. The zero-order valence-corrected chi connectivity index (χ0v) is 8.49. The van der Waals surface area contributed by atoms with E-state index in [2.05, 4.69) is 20.3 Å². The van der Waals surface area contributed by atoms with E-state index in [4.69, 9.17) is 5.73 Å².